The fourth-order valence-corrected chi connectivity index (χ4v) is 3.79. The molecule has 0 aliphatic rings. The molecular weight excluding hydrogens is 428 g/mol. The summed E-state index contributed by atoms with van der Waals surface area (Å²) in [6.45, 7) is 0.611. The molecule has 3 rings (SSSR count). The van der Waals surface area contributed by atoms with Gasteiger partial charge in [-0.05, 0) is 41.7 Å². The molecule has 2 amide bonds. The molecule has 0 radical (unpaired) electrons. The van der Waals surface area contributed by atoms with Gasteiger partial charge in [0.25, 0.3) is 0 Å². The van der Waals surface area contributed by atoms with E-state index in [4.69, 9.17) is 9.84 Å². The first-order valence-electron chi connectivity index (χ1n) is 11.5. The van der Waals surface area contributed by atoms with Crippen molar-refractivity contribution in [3.63, 3.8) is 0 Å². The highest BCUT2D eigenvalue weighted by Crippen LogP contribution is 2.26. The van der Waals surface area contributed by atoms with Crippen LogP contribution in [-0.4, -0.2) is 42.1 Å². The van der Waals surface area contributed by atoms with Crippen LogP contribution in [-0.2, 0) is 22.6 Å². The van der Waals surface area contributed by atoms with Crippen LogP contribution in [0.25, 0.3) is 0 Å². The van der Waals surface area contributed by atoms with E-state index in [1.54, 1.807) is 12.0 Å². The third kappa shape index (κ3) is 7.18. The maximum Gasteiger partial charge on any atom is 0.247 e. The molecule has 0 aliphatic heterocycles. The molecule has 178 valence electrons. The van der Waals surface area contributed by atoms with Crippen LogP contribution in [0.15, 0.2) is 84.9 Å². The van der Waals surface area contributed by atoms with Gasteiger partial charge in [-0.25, -0.2) is 0 Å². The van der Waals surface area contributed by atoms with Crippen LogP contribution in [0.1, 0.15) is 35.6 Å². The number of carbonyl (C=O) groups is 2. The fourth-order valence-electron chi connectivity index (χ4n) is 3.79. The fraction of sp³-hybridized carbons (Fsp3) is 0.286. The average Bonchev–Trinajstić information content (AvgIpc) is 2.88. The van der Waals surface area contributed by atoms with E-state index in [2.05, 4.69) is 5.32 Å². The van der Waals surface area contributed by atoms with Gasteiger partial charge in [-0.15, -0.1) is 0 Å². The highest BCUT2D eigenvalue weighted by molar-refractivity contribution is 5.88. The van der Waals surface area contributed by atoms with E-state index >= 15 is 0 Å². The lowest BCUT2D eigenvalue weighted by Gasteiger charge is -2.32. The van der Waals surface area contributed by atoms with Crippen molar-refractivity contribution in [2.75, 3.05) is 20.3 Å². The summed E-state index contributed by atoms with van der Waals surface area (Å²) in [5.41, 5.74) is 2.72. The average molecular weight is 461 g/mol. The standard InChI is InChI=1S/C28H32N2O4/c1-34-25-16-13-23(14-17-25)21-30(26(32)18-15-22-9-4-2-5-10-22)27(24-11-6-3-7-12-24)28(33)29-19-8-20-31/h2-7,9-14,16-17,27,31H,8,15,18-21H2,1H3,(H,29,33)/t27-/m0/s1. The van der Waals surface area contributed by atoms with E-state index in [9.17, 15) is 9.59 Å². The second-order valence-electron chi connectivity index (χ2n) is 8.04. The Kier molecular flexibility index (Phi) is 9.67. The zero-order chi connectivity index (χ0) is 24.2. The summed E-state index contributed by atoms with van der Waals surface area (Å²) in [6.07, 6.45) is 1.33. The predicted octanol–water partition coefficient (Wildman–Crippen LogP) is 3.90. The summed E-state index contributed by atoms with van der Waals surface area (Å²) in [7, 11) is 1.61. The maximum atomic E-state index is 13.6. The molecular formula is C28H32N2O4. The van der Waals surface area contributed by atoms with E-state index < -0.39 is 6.04 Å². The minimum atomic E-state index is -0.787. The van der Waals surface area contributed by atoms with Crippen molar-refractivity contribution in [2.45, 2.75) is 31.8 Å². The molecule has 0 bridgehead atoms. The molecule has 1 atom stereocenters. The molecule has 0 saturated carbocycles. The molecule has 34 heavy (non-hydrogen) atoms. The molecule has 2 N–H and O–H groups in total. The van der Waals surface area contributed by atoms with Crippen LogP contribution < -0.4 is 10.1 Å². The molecule has 0 fully saturated rings. The third-order valence-electron chi connectivity index (χ3n) is 5.61. The van der Waals surface area contributed by atoms with Crippen molar-refractivity contribution in [1.29, 1.82) is 0 Å². The number of benzene rings is 3. The van der Waals surface area contributed by atoms with Crippen LogP contribution >= 0.6 is 0 Å². The molecule has 0 unspecified atom stereocenters. The Morgan fingerprint density at radius 2 is 1.56 bits per heavy atom. The summed E-state index contributed by atoms with van der Waals surface area (Å²) in [5, 5.41) is 12.0. The molecule has 6 heteroatoms. The lowest BCUT2D eigenvalue weighted by atomic mass is 10.0. The number of nitrogens with one attached hydrogen (secondary N) is 1. The van der Waals surface area contributed by atoms with Crippen LogP contribution in [0, 0.1) is 0 Å². The molecule has 0 heterocycles. The highest BCUT2D eigenvalue weighted by Gasteiger charge is 2.31. The number of aliphatic hydroxyl groups is 1. The monoisotopic (exact) mass is 460 g/mol. The smallest absolute Gasteiger partial charge is 0.247 e. The van der Waals surface area contributed by atoms with Crippen molar-refractivity contribution in [2.24, 2.45) is 0 Å². The number of amides is 2. The number of carbonyl (C=O) groups excluding carboxylic acids is 2. The molecule has 0 aromatic heterocycles. The van der Waals surface area contributed by atoms with Gasteiger partial charge in [0, 0.05) is 26.1 Å². The minimum absolute atomic E-state index is 0.0121. The quantitative estimate of drug-likeness (QED) is 0.402. The van der Waals surface area contributed by atoms with Crippen molar-refractivity contribution in [3.05, 3.63) is 102 Å². The number of hydrogen-bond donors (Lipinski definition) is 2. The summed E-state index contributed by atoms with van der Waals surface area (Å²) in [4.78, 5) is 28.5. The van der Waals surface area contributed by atoms with Crippen LogP contribution in [0.3, 0.4) is 0 Å². The molecule has 3 aromatic carbocycles. The van der Waals surface area contributed by atoms with Crippen LogP contribution in [0.5, 0.6) is 5.75 Å². The first-order chi connectivity index (χ1) is 16.6. The van der Waals surface area contributed by atoms with Crippen molar-refractivity contribution in [3.8, 4) is 5.75 Å². The summed E-state index contributed by atoms with van der Waals surface area (Å²) >= 11 is 0. The lowest BCUT2D eigenvalue weighted by Crippen LogP contribution is -2.43. The Bertz CT molecular complexity index is 1020. The van der Waals surface area contributed by atoms with E-state index in [1.165, 1.54) is 0 Å². The largest absolute Gasteiger partial charge is 0.497 e. The summed E-state index contributed by atoms with van der Waals surface area (Å²) < 4.78 is 5.25. The Morgan fingerprint density at radius 1 is 0.912 bits per heavy atom. The zero-order valence-electron chi connectivity index (χ0n) is 19.5. The number of ether oxygens (including phenoxy) is 1. The first-order valence-corrected chi connectivity index (χ1v) is 11.5. The van der Waals surface area contributed by atoms with Crippen molar-refractivity contribution in [1.82, 2.24) is 10.2 Å². The van der Waals surface area contributed by atoms with Gasteiger partial charge in [-0.3, -0.25) is 9.59 Å². The number of aliphatic hydroxyl groups excluding tert-OH is 1. The van der Waals surface area contributed by atoms with Crippen LogP contribution in [0.2, 0.25) is 0 Å². The number of rotatable bonds is 12. The highest BCUT2D eigenvalue weighted by atomic mass is 16.5. The minimum Gasteiger partial charge on any atom is -0.497 e. The van der Waals surface area contributed by atoms with Gasteiger partial charge in [0.15, 0.2) is 0 Å². The zero-order valence-corrected chi connectivity index (χ0v) is 19.5. The number of aryl methyl sites for hydroxylation is 1. The predicted molar refractivity (Wildman–Crippen MR) is 132 cm³/mol. The van der Waals surface area contributed by atoms with Crippen molar-refractivity contribution < 1.29 is 19.4 Å². The van der Waals surface area contributed by atoms with Gasteiger partial charge in [-0.2, -0.15) is 0 Å². The summed E-state index contributed by atoms with van der Waals surface area (Å²) in [6, 6.07) is 25.9. The topological polar surface area (TPSA) is 78.9 Å². The normalized spacial score (nSPS) is 11.5. The van der Waals surface area contributed by atoms with E-state index in [0.29, 0.717) is 19.4 Å². The SMILES string of the molecule is COc1ccc(CN(C(=O)CCc2ccccc2)[C@H](C(=O)NCCCO)c2ccccc2)cc1. The van der Waals surface area contributed by atoms with Gasteiger partial charge in [0.05, 0.1) is 7.11 Å². The lowest BCUT2D eigenvalue weighted by molar-refractivity contribution is -0.141. The molecule has 6 nitrogen and oxygen atoms in total. The number of methoxy groups -OCH3 is 1. The third-order valence-corrected chi connectivity index (χ3v) is 5.61. The maximum absolute atomic E-state index is 13.6. The second kappa shape index (κ2) is 13.2. The van der Waals surface area contributed by atoms with Gasteiger partial charge in [0.1, 0.15) is 11.8 Å². The molecule has 0 aliphatic carbocycles. The Balaban J connectivity index is 1.90. The number of nitrogens with zero attached hydrogens (tertiary/aromatic N) is 1. The Hall–Kier alpha value is -3.64. The molecule has 3 aromatic rings. The molecule has 0 saturated heterocycles. The van der Waals surface area contributed by atoms with Crippen molar-refractivity contribution >= 4 is 11.8 Å². The Labute approximate surface area is 201 Å². The van der Waals surface area contributed by atoms with Gasteiger partial charge < -0.3 is 20.1 Å². The van der Waals surface area contributed by atoms with Crippen LogP contribution in [0.4, 0.5) is 0 Å². The van der Waals surface area contributed by atoms with E-state index in [1.807, 2.05) is 84.9 Å². The second-order valence-corrected chi connectivity index (χ2v) is 8.04. The van der Waals surface area contributed by atoms with E-state index in [-0.39, 0.29) is 31.4 Å². The van der Waals surface area contributed by atoms with Gasteiger partial charge >= 0.3 is 0 Å². The first kappa shape index (κ1) is 25.0. The Morgan fingerprint density at radius 3 is 2.18 bits per heavy atom. The summed E-state index contributed by atoms with van der Waals surface area (Å²) in [5.74, 6) is 0.360. The number of hydrogen-bond acceptors (Lipinski definition) is 4. The molecule has 0 spiro atoms. The van der Waals surface area contributed by atoms with Gasteiger partial charge in [0.2, 0.25) is 11.8 Å². The van der Waals surface area contributed by atoms with Gasteiger partial charge in [-0.1, -0.05) is 72.8 Å². The van der Waals surface area contributed by atoms with E-state index in [0.717, 1.165) is 22.4 Å².